The van der Waals surface area contributed by atoms with E-state index in [2.05, 4.69) is 0 Å². The second-order valence-corrected chi connectivity index (χ2v) is 7.74. The smallest absolute Gasteiger partial charge is 0.388 e. The number of aliphatic hydroxyl groups excluding tert-OH is 1. The molecule has 3 rings (SSSR count). The van der Waals surface area contributed by atoms with Crippen molar-refractivity contribution in [3.63, 3.8) is 0 Å². The number of rotatable bonds is 4. The molecule has 6 atom stereocenters. The fourth-order valence-corrected chi connectivity index (χ4v) is 3.69. The molecule has 1 aromatic carbocycles. The SMILES string of the molecule is CO[C@H]1O[C@@H]2COC(c3ccccc3)O[C@H]2[C@H](O)[C@H]1NS(=O)(=O)C(F)(F)F. The van der Waals surface area contributed by atoms with E-state index in [9.17, 15) is 26.7 Å². The van der Waals surface area contributed by atoms with Crippen LogP contribution in [0.1, 0.15) is 11.9 Å². The molecule has 0 aromatic heterocycles. The van der Waals surface area contributed by atoms with Gasteiger partial charge in [-0.05, 0) is 0 Å². The van der Waals surface area contributed by atoms with Gasteiger partial charge in [-0.3, -0.25) is 0 Å². The minimum absolute atomic E-state index is 0.0279. The van der Waals surface area contributed by atoms with Crippen LogP contribution in [0.2, 0.25) is 0 Å². The fourth-order valence-electron chi connectivity index (χ4n) is 2.94. The quantitative estimate of drug-likeness (QED) is 0.747. The Morgan fingerprint density at radius 3 is 2.48 bits per heavy atom. The van der Waals surface area contributed by atoms with Crippen LogP contribution in [0, 0.1) is 0 Å². The van der Waals surface area contributed by atoms with Crippen LogP contribution in [0.5, 0.6) is 0 Å². The van der Waals surface area contributed by atoms with Crippen molar-refractivity contribution in [3.05, 3.63) is 35.9 Å². The molecular formula is C15H18F3NO7S. The van der Waals surface area contributed by atoms with Gasteiger partial charge in [0.05, 0.1) is 6.61 Å². The van der Waals surface area contributed by atoms with E-state index < -0.39 is 52.5 Å². The molecular weight excluding hydrogens is 395 g/mol. The number of halogens is 3. The molecule has 0 saturated carbocycles. The lowest BCUT2D eigenvalue weighted by Crippen LogP contribution is -2.67. The monoisotopic (exact) mass is 413 g/mol. The van der Waals surface area contributed by atoms with E-state index in [0.717, 1.165) is 7.11 Å². The standard InChI is InChI=1S/C15H18F3NO7S/c1-23-14-10(19-27(21,22)15(16,17)18)11(20)12-9(25-14)7-24-13(26-12)8-5-3-2-4-6-8/h2-6,9-14,19-20H,7H2,1H3/t9-,10-,11-,12-,13?,14+/m1/s1. The fraction of sp³-hybridized carbons (Fsp3) is 0.600. The van der Waals surface area contributed by atoms with E-state index in [-0.39, 0.29) is 6.61 Å². The minimum atomic E-state index is -5.73. The van der Waals surface area contributed by atoms with Crippen molar-refractivity contribution >= 4 is 10.0 Å². The van der Waals surface area contributed by atoms with Crippen molar-refractivity contribution in [3.8, 4) is 0 Å². The Morgan fingerprint density at radius 1 is 1.22 bits per heavy atom. The maximum absolute atomic E-state index is 12.7. The van der Waals surface area contributed by atoms with E-state index in [1.807, 2.05) is 0 Å². The largest absolute Gasteiger partial charge is 0.511 e. The van der Waals surface area contributed by atoms with Crippen molar-refractivity contribution in [2.75, 3.05) is 13.7 Å². The predicted molar refractivity (Wildman–Crippen MR) is 83.6 cm³/mol. The number of aliphatic hydroxyl groups is 1. The summed E-state index contributed by atoms with van der Waals surface area (Å²) in [5, 5.41) is 10.5. The highest BCUT2D eigenvalue weighted by molar-refractivity contribution is 7.90. The third-order valence-corrected chi connectivity index (χ3v) is 5.46. The highest BCUT2D eigenvalue weighted by Gasteiger charge is 2.54. The van der Waals surface area contributed by atoms with E-state index in [1.54, 1.807) is 30.3 Å². The van der Waals surface area contributed by atoms with Crippen LogP contribution in [0.15, 0.2) is 30.3 Å². The highest BCUT2D eigenvalue weighted by Crippen LogP contribution is 2.35. The summed E-state index contributed by atoms with van der Waals surface area (Å²) >= 11 is 0. The molecule has 0 spiro atoms. The van der Waals surface area contributed by atoms with Crippen LogP contribution in [-0.2, 0) is 29.0 Å². The average molecular weight is 413 g/mol. The first-order valence-electron chi connectivity index (χ1n) is 7.91. The van der Waals surface area contributed by atoms with Crippen molar-refractivity contribution in [1.82, 2.24) is 4.72 Å². The number of fused-ring (bicyclic) bond motifs is 1. The molecule has 12 heteroatoms. The lowest BCUT2D eigenvalue weighted by Gasteiger charge is -2.47. The predicted octanol–water partition coefficient (Wildman–Crippen LogP) is 0.641. The van der Waals surface area contributed by atoms with Gasteiger partial charge in [0.2, 0.25) is 0 Å². The summed E-state index contributed by atoms with van der Waals surface area (Å²) in [4.78, 5) is 0. The van der Waals surface area contributed by atoms with Gasteiger partial charge >= 0.3 is 15.5 Å². The van der Waals surface area contributed by atoms with Gasteiger partial charge in [-0.2, -0.15) is 17.9 Å². The van der Waals surface area contributed by atoms with Gasteiger partial charge < -0.3 is 24.1 Å². The molecule has 2 saturated heterocycles. The lowest BCUT2D eigenvalue weighted by molar-refractivity contribution is -0.340. The summed E-state index contributed by atoms with van der Waals surface area (Å²) in [6, 6.07) is 6.95. The summed E-state index contributed by atoms with van der Waals surface area (Å²) < 4.78 is 83.9. The summed E-state index contributed by atoms with van der Waals surface area (Å²) in [5.74, 6) is 0. The van der Waals surface area contributed by atoms with E-state index in [0.29, 0.717) is 5.56 Å². The zero-order valence-electron chi connectivity index (χ0n) is 14.0. The number of hydrogen-bond acceptors (Lipinski definition) is 7. The topological polar surface area (TPSA) is 103 Å². The molecule has 2 heterocycles. The van der Waals surface area contributed by atoms with Crippen LogP contribution in [-0.4, -0.2) is 63.4 Å². The first-order chi connectivity index (χ1) is 12.6. The van der Waals surface area contributed by atoms with Gasteiger partial charge in [0.15, 0.2) is 12.6 Å². The Balaban J connectivity index is 1.81. The molecule has 27 heavy (non-hydrogen) atoms. The van der Waals surface area contributed by atoms with E-state index >= 15 is 0 Å². The van der Waals surface area contributed by atoms with Crippen LogP contribution < -0.4 is 4.72 Å². The summed E-state index contributed by atoms with van der Waals surface area (Å²) in [6.07, 6.45) is -5.99. The van der Waals surface area contributed by atoms with E-state index in [1.165, 1.54) is 4.72 Å². The molecule has 0 amide bonds. The van der Waals surface area contributed by atoms with Gasteiger partial charge in [-0.15, -0.1) is 0 Å². The second-order valence-electron chi connectivity index (χ2n) is 6.04. The number of methoxy groups -OCH3 is 1. The molecule has 152 valence electrons. The van der Waals surface area contributed by atoms with Crippen molar-refractivity contribution in [2.45, 2.75) is 42.4 Å². The van der Waals surface area contributed by atoms with Crippen LogP contribution in [0.4, 0.5) is 13.2 Å². The third kappa shape index (κ3) is 4.11. The van der Waals surface area contributed by atoms with Crippen molar-refractivity contribution in [1.29, 1.82) is 0 Å². The van der Waals surface area contributed by atoms with Crippen LogP contribution in [0.3, 0.4) is 0 Å². The van der Waals surface area contributed by atoms with Crippen LogP contribution in [0.25, 0.3) is 0 Å². The van der Waals surface area contributed by atoms with Gasteiger partial charge in [0.25, 0.3) is 0 Å². The molecule has 0 bridgehead atoms. The molecule has 2 N–H and O–H groups in total. The third-order valence-electron chi connectivity index (χ3n) is 4.27. The molecule has 0 radical (unpaired) electrons. The molecule has 0 aliphatic carbocycles. The normalized spacial score (nSPS) is 34.9. The lowest BCUT2D eigenvalue weighted by atomic mass is 9.96. The molecule has 1 unspecified atom stereocenters. The molecule has 2 aliphatic rings. The first kappa shape index (κ1) is 20.5. The van der Waals surface area contributed by atoms with Gasteiger partial charge in [0, 0.05) is 12.7 Å². The minimum Gasteiger partial charge on any atom is -0.388 e. The second kappa shape index (κ2) is 7.62. The summed E-state index contributed by atoms with van der Waals surface area (Å²) in [5.41, 5.74) is -4.92. The maximum Gasteiger partial charge on any atom is 0.511 e. The van der Waals surface area contributed by atoms with Crippen LogP contribution >= 0.6 is 0 Å². The van der Waals surface area contributed by atoms with Crippen molar-refractivity contribution < 1.29 is 45.6 Å². The number of hydrogen-bond donors (Lipinski definition) is 2. The molecule has 8 nitrogen and oxygen atoms in total. The molecule has 1 aromatic rings. The van der Waals surface area contributed by atoms with Gasteiger partial charge in [-0.25, -0.2) is 8.42 Å². The highest BCUT2D eigenvalue weighted by atomic mass is 32.2. The van der Waals surface area contributed by atoms with E-state index in [4.69, 9.17) is 18.9 Å². The summed E-state index contributed by atoms with van der Waals surface area (Å²) in [6.45, 7) is -0.0279. The Hall–Kier alpha value is -1.28. The zero-order valence-corrected chi connectivity index (χ0v) is 14.8. The maximum atomic E-state index is 12.7. The van der Waals surface area contributed by atoms with Gasteiger partial charge in [-0.1, -0.05) is 30.3 Å². The number of benzene rings is 1. The Morgan fingerprint density at radius 2 is 1.89 bits per heavy atom. The number of ether oxygens (including phenoxy) is 4. The van der Waals surface area contributed by atoms with Crippen molar-refractivity contribution in [2.24, 2.45) is 0 Å². The molecule has 2 fully saturated rings. The summed E-state index contributed by atoms with van der Waals surface area (Å²) in [7, 11) is -4.62. The first-order valence-corrected chi connectivity index (χ1v) is 9.39. The number of sulfonamides is 1. The Kier molecular flexibility index (Phi) is 5.77. The van der Waals surface area contributed by atoms with Gasteiger partial charge in [0.1, 0.15) is 24.4 Å². The number of alkyl halides is 3. The zero-order chi connectivity index (χ0) is 19.8. The Labute approximate surface area is 153 Å². The number of nitrogens with one attached hydrogen (secondary N) is 1. The average Bonchev–Trinajstić information content (AvgIpc) is 2.63. The molecule has 2 aliphatic heterocycles. The Bertz CT molecular complexity index is 746.